The Morgan fingerprint density at radius 1 is 1.05 bits per heavy atom. The van der Waals surface area contributed by atoms with Crippen molar-refractivity contribution in [3.05, 3.63) is 11.6 Å². The molecule has 0 heterocycles. The van der Waals surface area contributed by atoms with Gasteiger partial charge in [0.25, 0.3) is 0 Å². The molecule has 0 amide bonds. The van der Waals surface area contributed by atoms with Gasteiger partial charge in [-0.25, -0.2) is 0 Å². The molecule has 0 aromatic rings. The van der Waals surface area contributed by atoms with Crippen molar-refractivity contribution in [2.24, 2.45) is 28.6 Å². The molecule has 0 spiro atoms. The first kappa shape index (κ1) is 14.3. The highest BCUT2D eigenvalue weighted by atomic mass is 16.3. The molecule has 0 bridgehead atoms. The SMILES string of the molecule is C[C@]12CC[C@H](O)C=C1CC[C@H]1[C@@H]3CC[C@H](O)[C@@]3([14CH3])CC[C@@H]12. The van der Waals surface area contributed by atoms with Crippen LogP contribution in [0.1, 0.15) is 65.2 Å². The second-order valence-electron chi connectivity index (χ2n) is 8.77. The number of aliphatic hydroxyl groups excluding tert-OH is 2. The molecular weight excluding hydrogens is 262 g/mol. The molecule has 21 heavy (non-hydrogen) atoms. The van der Waals surface area contributed by atoms with Crippen molar-refractivity contribution in [1.29, 1.82) is 0 Å². The van der Waals surface area contributed by atoms with E-state index in [2.05, 4.69) is 19.9 Å². The Morgan fingerprint density at radius 3 is 2.67 bits per heavy atom. The van der Waals surface area contributed by atoms with E-state index in [0.717, 1.165) is 37.0 Å². The van der Waals surface area contributed by atoms with Gasteiger partial charge in [0.15, 0.2) is 0 Å². The second kappa shape index (κ2) is 4.58. The number of aliphatic hydroxyl groups is 2. The minimum absolute atomic E-state index is 0.0682. The van der Waals surface area contributed by atoms with Gasteiger partial charge < -0.3 is 10.2 Å². The van der Waals surface area contributed by atoms with Gasteiger partial charge in [-0.2, -0.15) is 0 Å². The fourth-order valence-electron chi connectivity index (χ4n) is 6.68. The Kier molecular flexibility index (Phi) is 3.11. The average Bonchev–Trinajstić information content (AvgIpc) is 2.76. The third kappa shape index (κ3) is 1.84. The van der Waals surface area contributed by atoms with Crippen LogP contribution in [0, 0.1) is 28.6 Å². The van der Waals surface area contributed by atoms with Crippen molar-refractivity contribution < 1.29 is 10.2 Å². The zero-order chi connectivity index (χ0) is 14.8. The zero-order valence-electron chi connectivity index (χ0n) is 13.5. The van der Waals surface area contributed by atoms with E-state index >= 15 is 0 Å². The third-order valence-corrected chi connectivity index (χ3v) is 8.04. The Hall–Kier alpha value is -0.340. The van der Waals surface area contributed by atoms with Crippen LogP contribution in [0.2, 0.25) is 0 Å². The maximum absolute atomic E-state index is 10.5. The van der Waals surface area contributed by atoms with E-state index in [0.29, 0.717) is 5.41 Å². The molecule has 4 aliphatic carbocycles. The number of hydrogen-bond acceptors (Lipinski definition) is 2. The average molecular weight is 292 g/mol. The minimum Gasteiger partial charge on any atom is -0.393 e. The highest BCUT2D eigenvalue weighted by Crippen LogP contribution is 2.65. The predicted molar refractivity (Wildman–Crippen MR) is 83.7 cm³/mol. The first-order chi connectivity index (χ1) is 9.95. The molecule has 7 atom stereocenters. The summed E-state index contributed by atoms with van der Waals surface area (Å²) in [5, 5.41) is 20.4. The van der Waals surface area contributed by atoms with Gasteiger partial charge in [-0.05, 0) is 80.0 Å². The normalized spacial score (nSPS) is 56.2. The first-order valence-electron chi connectivity index (χ1n) is 9.02. The van der Waals surface area contributed by atoms with Gasteiger partial charge in [-0.15, -0.1) is 0 Å². The Bertz CT molecular complexity index is 470. The zero-order valence-corrected chi connectivity index (χ0v) is 13.5. The van der Waals surface area contributed by atoms with Gasteiger partial charge in [-0.3, -0.25) is 0 Å². The molecule has 2 N–H and O–H groups in total. The molecule has 0 aromatic heterocycles. The van der Waals surface area contributed by atoms with Gasteiger partial charge >= 0.3 is 0 Å². The lowest BCUT2D eigenvalue weighted by Crippen LogP contribution is -2.51. The van der Waals surface area contributed by atoms with E-state index in [9.17, 15) is 10.2 Å². The number of rotatable bonds is 0. The molecule has 2 nitrogen and oxygen atoms in total. The summed E-state index contributed by atoms with van der Waals surface area (Å²) >= 11 is 0. The van der Waals surface area contributed by atoms with Crippen LogP contribution >= 0.6 is 0 Å². The second-order valence-corrected chi connectivity index (χ2v) is 8.77. The highest BCUT2D eigenvalue weighted by molar-refractivity contribution is 5.25. The van der Waals surface area contributed by atoms with Crippen LogP contribution in [0.4, 0.5) is 0 Å². The summed E-state index contributed by atoms with van der Waals surface area (Å²) < 4.78 is 0. The molecular formula is C19H30O2. The molecule has 0 aliphatic heterocycles. The van der Waals surface area contributed by atoms with E-state index in [4.69, 9.17) is 0 Å². The molecule has 3 saturated carbocycles. The van der Waals surface area contributed by atoms with Crippen LogP contribution in [-0.2, 0) is 0 Å². The van der Waals surface area contributed by atoms with E-state index < -0.39 is 0 Å². The van der Waals surface area contributed by atoms with Gasteiger partial charge in [0.05, 0.1) is 12.2 Å². The lowest BCUT2D eigenvalue weighted by atomic mass is 9.48. The van der Waals surface area contributed by atoms with Crippen molar-refractivity contribution >= 4 is 0 Å². The Morgan fingerprint density at radius 2 is 1.86 bits per heavy atom. The Balaban J connectivity index is 1.67. The van der Waals surface area contributed by atoms with Crippen molar-refractivity contribution in [2.75, 3.05) is 0 Å². The fraction of sp³-hybridized carbons (Fsp3) is 0.895. The van der Waals surface area contributed by atoms with E-state index in [1.165, 1.54) is 32.1 Å². The molecule has 118 valence electrons. The fourth-order valence-corrected chi connectivity index (χ4v) is 6.68. The number of hydrogen-bond donors (Lipinski definition) is 2. The molecule has 0 aromatic carbocycles. The molecule has 0 radical (unpaired) electrons. The van der Waals surface area contributed by atoms with Gasteiger partial charge in [0, 0.05) is 0 Å². The largest absolute Gasteiger partial charge is 0.393 e. The molecule has 4 rings (SSSR count). The molecule has 4 aliphatic rings. The smallest absolute Gasteiger partial charge is 0.0724 e. The topological polar surface area (TPSA) is 40.5 Å². The van der Waals surface area contributed by atoms with E-state index in [1.54, 1.807) is 5.57 Å². The monoisotopic (exact) mass is 292 g/mol. The molecule has 0 unspecified atom stereocenters. The summed E-state index contributed by atoms with van der Waals surface area (Å²) in [6.45, 7) is 4.82. The van der Waals surface area contributed by atoms with Crippen LogP contribution < -0.4 is 0 Å². The van der Waals surface area contributed by atoms with Crippen molar-refractivity contribution in [1.82, 2.24) is 0 Å². The third-order valence-electron chi connectivity index (χ3n) is 8.04. The summed E-state index contributed by atoms with van der Waals surface area (Å²) in [7, 11) is 0. The standard InChI is InChI=1S/C19H30O2/c1-18-9-7-13(20)11-12(18)3-4-14-15-5-6-17(21)19(15,2)10-8-16(14)18/h11,13-17,20-21H,3-10H2,1-2H3/t13-,14-,15-,16-,17-,18-,19-/m0/s1/i2+2. The van der Waals surface area contributed by atoms with Crippen molar-refractivity contribution in [3.8, 4) is 0 Å². The summed E-state index contributed by atoms with van der Waals surface area (Å²) in [6.07, 6.45) is 11.2. The summed E-state index contributed by atoms with van der Waals surface area (Å²) in [5.74, 6) is 2.32. The van der Waals surface area contributed by atoms with Crippen molar-refractivity contribution in [3.63, 3.8) is 0 Å². The van der Waals surface area contributed by atoms with Crippen LogP contribution in [-0.4, -0.2) is 22.4 Å². The number of fused-ring (bicyclic) bond motifs is 5. The first-order valence-corrected chi connectivity index (χ1v) is 9.02. The van der Waals surface area contributed by atoms with Gasteiger partial charge in [0.1, 0.15) is 0 Å². The van der Waals surface area contributed by atoms with E-state index in [1.807, 2.05) is 0 Å². The van der Waals surface area contributed by atoms with Crippen LogP contribution in [0.5, 0.6) is 0 Å². The minimum atomic E-state index is -0.202. The van der Waals surface area contributed by atoms with Gasteiger partial charge in [-0.1, -0.05) is 25.5 Å². The quantitative estimate of drug-likeness (QED) is 0.669. The highest BCUT2D eigenvalue weighted by Gasteiger charge is 2.58. The van der Waals surface area contributed by atoms with E-state index in [-0.39, 0.29) is 17.6 Å². The molecule has 2 heteroatoms. The Labute approximate surface area is 128 Å². The maximum atomic E-state index is 10.5. The molecule has 0 saturated heterocycles. The predicted octanol–water partition coefficient (Wildman–Crippen LogP) is 3.67. The maximum Gasteiger partial charge on any atom is 0.0724 e. The van der Waals surface area contributed by atoms with Crippen LogP contribution in [0.15, 0.2) is 11.6 Å². The summed E-state index contributed by atoms with van der Waals surface area (Å²) in [4.78, 5) is 0. The lowest BCUT2D eigenvalue weighted by molar-refractivity contribution is -0.0761. The molecule has 3 fully saturated rings. The summed E-state index contributed by atoms with van der Waals surface area (Å²) in [6, 6.07) is 0. The van der Waals surface area contributed by atoms with Crippen molar-refractivity contribution in [2.45, 2.75) is 77.4 Å². The number of allylic oxidation sites excluding steroid dienone is 1. The lowest BCUT2D eigenvalue weighted by Gasteiger charge is -2.58. The summed E-state index contributed by atoms with van der Waals surface area (Å²) in [5.41, 5.74) is 2.06. The van der Waals surface area contributed by atoms with Crippen LogP contribution in [0.25, 0.3) is 0 Å². The van der Waals surface area contributed by atoms with Gasteiger partial charge in [0.2, 0.25) is 0 Å². The van der Waals surface area contributed by atoms with Crippen LogP contribution in [0.3, 0.4) is 0 Å².